The minimum Gasteiger partial charge on any atom is -0.383 e. The van der Waals surface area contributed by atoms with Crippen LogP contribution in [0.2, 0.25) is 0 Å². The van der Waals surface area contributed by atoms with Gasteiger partial charge in [-0.3, -0.25) is 14.4 Å². The van der Waals surface area contributed by atoms with Crippen molar-refractivity contribution >= 4 is 23.4 Å². The van der Waals surface area contributed by atoms with Gasteiger partial charge in [-0.15, -0.1) is 0 Å². The SMILES string of the molecule is CCCCCc1ccc(C(=O)N(CCOC)CC(=O)NCC(=O)Nc2ccc(C)cc2)cc1. The van der Waals surface area contributed by atoms with Gasteiger partial charge >= 0.3 is 0 Å². The molecule has 0 saturated heterocycles. The van der Waals surface area contributed by atoms with Gasteiger partial charge in [-0.05, 0) is 49.6 Å². The lowest BCUT2D eigenvalue weighted by molar-refractivity contribution is -0.124. The van der Waals surface area contributed by atoms with Gasteiger partial charge in [0.15, 0.2) is 0 Å². The Morgan fingerprint density at radius 2 is 1.64 bits per heavy atom. The molecule has 7 nitrogen and oxygen atoms in total. The summed E-state index contributed by atoms with van der Waals surface area (Å²) in [5.74, 6) is -0.984. The van der Waals surface area contributed by atoms with Crippen LogP contribution < -0.4 is 10.6 Å². The Balaban J connectivity index is 1.89. The number of carbonyl (C=O) groups is 3. The van der Waals surface area contributed by atoms with Crippen molar-refractivity contribution in [3.05, 3.63) is 65.2 Å². The summed E-state index contributed by atoms with van der Waals surface area (Å²) in [6.45, 7) is 4.38. The number of nitrogens with zero attached hydrogens (tertiary/aromatic N) is 1. The summed E-state index contributed by atoms with van der Waals surface area (Å²) < 4.78 is 5.10. The summed E-state index contributed by atoms with van der Waals surface area (Å²) in [5.41, 5.74) is 3.47. The molecule has 0 aliphatic rings. The molecule has 2 aromatic rings. The topological polar surface area (TPSA) is 87.7 Å². The average molecular weight is 454 g/mol. The lowest BCUT2D eigenvalue weighted by Gasteiger charge is -2.22. The molecule has 0 aliphatic heterocycles. The van der Waals surface area contributed by atoms with Crippen molar-refractivity contribution < 1.29 is 19.1 Å². The first-order valence-corrected chi connectivity index (χ1v) is 11.4. The molecule has 2 N–H and O–H groups in total. The first kappa shape index (κ1) is 26.1. The molecule has 0 radical (unpaired) electrons. The Morgan fingerprint density at radius 3 is 2.27 bits per heavy atom. The fraction of sp³-hybridized carbons (Fsp3) is 0.423. The summed E-state index contributed by atoms with van der Waals surface area (Å²) in [7, 11) is 1.54. The summed E-state index contributed by atoms with van der Waals surface area (Å²) in [5, 5.41) is 5.31. The summed E-state index contributed by atoms with van der Waals surface area (Å²) in [6.07, 6.45) is 4.47. The van der Waals surface area contributed by atoms with E-state index in [2.05, 4.69) is 17.6 Å². The van der Waals surface area contributed by atoms with Crippen molar-refractivity contribution in [2.45, 2.75) is 39.5 Å². The standard InChI is InChI=1S/C26H35N3O4/c1-4-5-6-7-21-10-12-22(13-11-21)26(32)29(16-17-33-3)19-25(31)27-18-24(30)28-23-14-8-20(2)9-15-23/h8-15H,4-7,16-19H2,1-3H3,(H,27,31)(H,28,30). The minimum absolute atomic E-state index is 0.155. The summed E-state index contributed by atoms with van der Waals surface area (Å²) >= 11 is 0. The average Bonchev–Trinajstić information content (AvgIpc) is 2.82. The molecule has 0 saturated carbocycles. The molecule has 0 unspecified atom stereocenters. The van der Waals surface area contributed by atoms with E-state index in [4.69, 9.17) is 4.74 Å². The predicted molar refractivity (Wildman–Crippen MR) is 130 cm³/mol. The van der Waals surface area contributed by atoms with Crippen molar-refractivity contribution in [3.63, 3.8) is 0 Å². The van der Waals surface area contributed by atoms with Gasteiger partial charge < -0.3 is 20.3 Å². The van der Waals surface area contributed by atoms with E-state index in [-0.39, 0.29) is 31.4 Å². The van der Waals surface area contributed by atoms with Gasteiger partial charge in [-0.25, -0.2) is 0 Å². The Labute approximate surface area is 196 Å². The number of rotatable bonds is 13. The molecule has 178 valence electrons. The highest BCUT2D eigenvalue weighted by atomic mass is 16.5. The second kappa shape index (κ2) is 14.1. The van der Waals surface area contributed by atoms with E-state index in [0.29, 0.717) is 17.9 Å². The van der Waals surface area contributed by atoms with Crippen LogP contribution >= 0.6 is 0 Å². The molecule has 0 bridgehead atoms. The van der Waals surface area contributed by atoms with Gasteiger partial charge in [-0.2, -0.15) is 0 Å². The van der Waals surface area contributed by atoms with Crippen LogP contribution in [0.25, 0.3) is 0 Å². The van der Waals surface area contributed by atoms with Crippen LogP contribution in [0.5, 0.6) is 0 Å². The molecule has 33 heavy (non-hydrogen) atoms. The van der Waals surface area contributed by atoms with Crippen molar-refractivity contribution in [2.24, 2.45) is 0 Å². The van der Waals surface area contributed by atoms with Crippen LogP contribution in [0.3, 0.4) is 0 Å². The zero-order valence-corrected chi connectivity index (χ0v) is 19.9. The van der Waals surface area contributed by atoms with Crippen LogP contribution in [0.1, 0.15) is 47.7 Å². The second-order valence-electron chi connectivity index (χ2n) is 8.06. The van der Waals surface area contributed by atoms with Gasteiger partial charge in [0.1, 0.15) is 0 Å². The molecule has 2 rings (SSSR count). The third-order valence-electron chi connectivity index (χ3n) is 5.24. The number of benzene rings is 2. The number of hydrogen-bond donors (Lipinski definition) is 2. The number of hydrogen-bond acceptors (Lipinski definition) is 4. The van der Waals surface area contributed by atoms with Crippen LogP contribution in [0, 0.1) is 6.92 Å². The first-order chi connectivity index (χ1) is 15.9. The minimum atomic E-state index is -0.408. The lowest BCUT2D eigenvalue weighted by atomic mass is 10.0. The van der Waals surface area contributed by atoms with E-state index in [0.717, 1.165) is 18.4 Å². The van der Waals surface area contributed by atoms with E-state index >= 15 is 0 Å². The molecule has 0 fully saturated rings. The Morgan fingerprint density at radius 1 is 0.939 bits per heavy atom. The molecule has 0 aromatic heterocycles. The third kappa shape index (κ3) is 9.45. The lowest BCUT2D eigenvalue weighted by Crippen LogP contribution is -2.44. The Kier molecular flexibility index (Phi) is 11.1. The quantitative estimate of drug-likeness (QED) is 0.454. The van der Waals surface area contributed by atoms with Gasteiger partial charge in [0.25, 0.3) is 5.91 Å². The first-order valence-electron chi connectivity index (χ1n) is 11.4. The summed E-state index contributed by atoms with van der Waals surface area (Å²) in [6, 6.07) is 14.9. The maximum atomic E-state index is 13.0. The zero-order valence-electron chi connectivity index (χ0n) is 19.9. The highest BCUT2D eigenvalue weighted by molar-refractivity contribution is 5.98. The van der Waals surface area contributed by atoms with E-state index in [1.54, 1.807) is 31.4 Å². The maximum Gasteiger partial charge on any atom is 0.254 e. The molecule has 7 heteroatoms. The molecule has 3 amide bonds. The van der Waals surface area contributed by atoms with E-state index in [1.165, 1.54) is 23.3 Å². The van der Waals surface area contributed by atoms with Crippen LogP contribution in [-0.4, -0.2) is 56.0 Å². The fourth-order valence-corrected chi connectivity index (χ4v) is 3.28. The number of carbonyl (C=O) groups excluding carboxylic acids is 3. The Hall–Kier alpha value is -3.19. The van der Waals surface area contributed by atoms with Gasteiger partial charge in [0.05, 0.1) is 19.7 Å². The van der Waals surface area contributed by atoms with Crippen LogP contribution in [-0.2, 0) is 20.7 Å². The number of ether oxygens (including phenoxy) is 1. The molecular formula is C26H35N3O4. The van der Waals surface area contributed by atoms with E-state index in [9.17, 15) is 14.4 Å². The molecule has 0 heterocycles. The molecule has 0 atom stereocenters. The third-order valence-corrected chi connectivity index (χ3v) is 5.24. The predicted octanol–water partition coefficient (Wildman–Crippen LogP) is 3.57. The monoisotopic (exact) mass is 453 g/mol. The number of aryl methyl sites for hydroxylation is 2. The van der Waals surface area contributed by atoms with Crippen LogP contribution in [0.4, 0.5) is 5.69 Å². The Bertz CT molecular complexity index is 895. The van der Waals surface area contributed by atoms with E-state index < -0.39 is 5.91 Å². The van der Waals surface area contributed by atoms with E-state index in [1.807, 2.05) is 31.2 Å². The number of amides is 3. The van der Waals surface area contributed by atoms with Crippen molar-refractivity contribution in [1.82, 2.24) is 10.2 Å². The fourth-order valence-electron chi connectivity index (χ4n) is 3.28. The van der Waals surface area contributed by atoms with Crippen molar-refractivity contribution in [3.8, 4) is 0 Å². The normalized spacial score (nSPS) is 10.5. The van der Waals surface area contributed by atoms with Crippen LogP contribution in [0.15, 0.2) is 48.5 Å². The summed E-state index contributed by atoms with van der Waals surface area (Å²) in [4.78, 5) is 39.0. The largest absolute Gasteiger partial charge is 0.383 e. The van der Waals surface area contributed by atoms with Gasteiger partial charge in [0.2, 0.25) is 11.8 Å². The second-order valence-corrected chi connectivity index (χ2v) is 8.06. The zero-order chi connectivity index (χ0) is 24.1. The molecular weight excluding hydrogens is 418 g/mol. The highest BCUT2D eigenvalue weighted by Crippen LogP contribution is 2.11. The van der Waals surface area contributed by atoms with Crippen molar-refractivity contribution in [1.29, 1.82) is 0 Å². The number of methoxy groups -OCH3 is 1. The highest BCUT2D eigenvalue weighted by Gasteiger charge is 2.19. The van der Waals surface area contributed by atoms with Crippen molar-refractivity contribution in [2.75, 3.05) is 38.7 Å². The maximum absolute atomic E-state index is 13.0. The molecule has 0 spiro atoms. The molecule has 2 aromatic carbocycles. The number of nitrogens with one attached hydrogen (secondary N) is 2. The van der Waals surface area contributed by atoms with Gasteiger partial charge in [0, 0.05) is 24.9 Å². The molecule has 0 aliphatic carbocycles. The van der Waals surface area contributed by atoms with Gasteiger partial charge in [-0.1, -0.05) is 49.6 Å². The smallest absolute Gasteiger partial charge is 0.254 e. The number of unbranched alkanes of at least 4 members (excludes halogenated alkanes) is 2. The number of anilines is 1.